The van der Waals surface area contributed by atoms with E-state index in [1.807, 2.05) is 30.3 Å². The first kappa shape index (κ1) is 18.4. The van der Waals surface area contributed by atoms with Gasteiger partial charge in [-0.3, -0.25) is 9.79 Å². The summed E-state index contributed by atoms with van der Waals surface area (Å²) >= 11 is 7.77. The quantitative estimate of drug-likeness (QED) is 0.496. The lowest BCUT2D eigenvalue weighted by molar-refractivity contribution is -0.127. The third-order valence-electron chi connectivity index (χ3n) is 4.34. The number of halogens is 1. The maximum Gasteiger partial charge on any atom is 0.246 e. The molecule has 7 heteroatoms. The maximum atomic E-state index is 12.2. The number of carbonyl (C=O) groups is 1. The SMILES string of the molecule is C=CC(=O)N1Cc2sc(Cl)cc2[C@@H](c2ccccc2C(N)=NC=NC)C1. The third kappa shape index (κ3) is 3.57. The molecule has 0 saturated carbocycles. The number of benzene rings is 1. The highest BCUT2D eigenvalue weighted by molar-refractivity contribution is 7.16. The zero-order valence-corrected chi connectivity index (χ0v) is 15.9. The summed E-state index contributed by atoms with van der Waals surface area (Å²) in [6.45, 7) is 4.69. The summed E-state index contributed by atoms with van der Waals surface area (Å²) in [6.07, 6.45) is 2.77. The zero-order valence-electron chi connectivity index (χ0n) is 14.4. The van der Waals surface area contributed by atoms with E-state index in [4.69, 9.17) is 17.3 Å². The van der Waals surface area contributed by atoms with Crippen molar-refractivity contribution < 1.29 is 4.79 Å². The Hall–Kier alpha value is -2.44. The predicted molar refractivity (Wildman–Crippen MR) is 108 cm³/mol. The van der Waals surface area contributed by atoms with E-state index in [1.54, 1.807) is 11.9 Å². The number of amidine groups is 1. The number of hydrogen-bond donors (Lipinski definition) is 1. The van der Waals surface area contributed by atoms with E-state index in [1.165, 1.54) is 23.8 Å². The summed E-state index contributed by atoms with van der Waals surface area (Å²) in [5.74, 6) is 0.263. The van der Waals surface area contributed by atoms with E-state index >= 15 is 0 Å². The molecule has 1 aliphatic rings. The number of amides is 1. The van der Waals surface area contributed by atoms with Gasteiger partial charge in [-0.2, -0.15) is 0 Å². The molecular formula is C19H19ClN4OS. The summed E-state index contributed by atoms with van der Waals surface area (Å²) in [6, 6.07) is 9.81. The fraction of sp³-hybridized carbons (Fsp3) is 0.211. The van der Waals surface area contributed by atoms with Gasteiger partial charge in [-0.15, -0.1) is 11.3 Å². The molecule has 0 bridgehead atoms. The molecule has 0 aliphatic carbocycles. The largest absolute Gasteiger partial charge is 0.383 e. The van der Waals surface area contributed by atoms with Crippen LogP contribution in [0.4, 0.5) is 0 Å². The Morgan fingerprint density at radius 2 is 2.19 bits per heavy atom. The predicted octanol–water partition coefficient (Wildman–Crippen LogP) is 3.43. The molecule has 2 aromatic rings. The number of hydrogen-bond acceptors (Lipinski definition) is 3. The molecule has 1 aromatic carbocycles. The average molecular weight is 387 g/mol. The molecule has 3 rings (SSSR count). The zero-order chi connectivity index (χ0) is 18.7. The van der Waals surface area contributed by atoms with Crippen molar-refractivity contribution >= 4 is 41.0 Å². The molecule has 1 aliphatic heterocycles. The van der Waals surface area contributed by atoms with Crippen LogP contribution in [0.2, 0.25) is 4.34 Å². The number of aliphatic imine (C=N–C) groups is 2. The van der Waals surface area contributed by atoms with E-state index in [0.717, 1.165) is 21.6 Å². The fourth-order valence-electron chi connectivity index (χ4n) is 3.17. The Morgan fingerprint density at radius 3 is 2.92 bits per heavy atom. The first-order valence-corrected chi connectivity index (χ1v) is 9.27. The fourth-order valence-corrected chi connectivity index (χ4v) is 4.53. The van der Waals surface area contributed by atoms with Gasteiger partial charge < -0.3 is 10.6 Å². The Labute approximate surface area is 161 Å². The molecular weight excluding hydrogens is 368 g/mol. The molecule has 1 aromatic heterocycles. The number of carbonyl (C=O) groups excluding carboxylic acids is 1. The summed E-state index contributed by atoms with van der Waals surface area (Å²) in [7, 11) is 1.64. The molecule has 1 amide bonds. The first-order valence-electron chi connectivity index (χ1n) is 8.07. The van der Waals surface area contributed by atoms with Crippen LogP contribution in [0.25, 0.3) is 0 Å². The lowest BCUT2D eigenvalue weighted by Gasteiger charge is -2.33. The van der Waals surface area contributed by atoms with Gasteiger partial charge in [0.05, 0.1) is 10.9 Å². The molecule has 0 unspecified atom stereocenters. The molecule has 0 saturated heterocycles. The van der Waals surface area contributed by atoms with E-state index in [9.17, 15) is 4.79 Å². The van der Waals surface area contributed by atoms with Crippen LogP contribution in [0, 0.1) is 0 Å². The van der Waals surface area contributed by atoms with Crippen LogP contribution in [0.15, 0.2) is 53.0 Å². The Balaban J connectivity index is 2.10. The van der Waals surface area contributed by atoms with Gasteiger partial charge in [-0.05, 0) is 23.3 Å². The molecule has 0 radical (unpaired) electrons. The standard InChI is InChI=1S/C19H19ClN4OS/c1-3-18(25)24-9-15(14-8-17(20)26-16(14)10-24)12-6-4-5-7-13(12)19(21)23-11-22-2/h3-8,11,15H,1,9-10H2,2H3,(H2,21,22,23)/t15-/m1/s1. The molecule has 134 valence electrons. The van der Waals surface area contributed by atoms with Crippen molar-refractivity contribution in [2.45, 2.75) is 12.5 Å². The molecule has 0 spiro atoms. The van der Waals surface area contributed by atoms with Gasteiger partial charge >= 0.3 is 0 Å². The normalized spacial score (nSPS) is 17.4. The Morgan fingerprint density at radius 1 is 1.42 bits per heavy atom. The van der Waals surface area contributed by atoms with E-state index in [2.05, 4.69) is 16.6 Å². The van der Waals surface area contributed by atoms with E-state index in [-0.39, 0.29) is 11.8 Å². The van der Waals surface area contributed by atoms with Crippen LogP contribution in [0.3, 0.4) is 0 Å². The van der Waals surface area contributed by atoms with E-state index < -0.39 is 0 Å². The van der Waals surface area contributed by atoms with Gasteiger partial charge in [-0.1, -0.05) is 42.4 Å². The average Bonchev–Trinajstić information content (AvgIpc) is 3.04. The molecule has 1 atom stereocenters. The number of nitrogens with two attached hydrogens (primary N) is 1. The maximum absolute atomic E-state index is 12.2. The van der Waals surface area contributed by atoms with Crippen LogP contribution in [0.5, 0.6) is 0 Å². The Kier molecular flexibility index (Phi) is 5.54. The monoisotopic (exact) mass is 386 g/mol. The lowest BCUT2D eigenvalue weighted by Crippen LogP contribution is -2.37. The summed E-state index contributed by atoms with van der Waals surface area (Å²) in [5.41, 5.74) is 9.15. The molecule has 5 nitrogen and oxygen atoms in total. The van der Waals surface area contributed by atoms with Gasteiger partial charge in [-0.25, -0.2) is 4.99 Å². The Bertz CT molecular complexity index is 903. The highest BCUT2D eigenvalue weighted by Crippen LogP contribution is 2.41. The smallest absolute Gasteiger partial charge is 0.246 e. The van der Waals surface area contributed by atoms with Crippen molar-refractivity contribution in [2.75, 3.05) is 13.6 Å². The van der Waals surface area contributed by atoms with Crippen LogP contribution in [0.1, 0.15) is 27.5 Å². The molecule has 2 N–H and O–H groups in total. The van der Waals surface area contributed by atoms with Gasteiger partial charge in [0.1, 0.15) is 12.2 Å². The van der Waals surface area contributed by atoms with Crippen molar-refractivity contribution in [1.29, 1.82) is 0 Å². The summed E-state index contributed by atoms with van der Waals surface area (Å²) in [4.78, 5) is 23.1. The van der Waals surface area contributed by atoms with Crippen LogP contribution in [-0.2, 0) is 11.3 Å². The number of fused-ring (bicyclic) bond motifs is 1. The van der Waals surface area contributed by atoms with Crippen molar-refractivity contribution in [3.8, 4) is 0 Å². The minimum absolute atomic E-state index is 0.0325. The van der Waals surface area contributed by atoms with Crippen molar-refractivity contribution in [2.24, 2.45) is 15.7 Å². The van der Waals surface area contributed by atoms with Crippen LogP contribution >= 0.6 is 22.9 Å². The van der Waals surface area contributed by atoms with Crippen molar-refractivity contribution in [1.82, 2.24) is 4.90 Å². The van der Waals surface area contributed by atoms with Gasteiger partial charge in [0.2, 0.25) is 5.91 Å². The number of rotatable bonds is 4. The second kappa shape index (κ2) is 7.85. The van der Waals surface area contributed by atoms with Gasteiger partial charge in [0.25, 0.3) is 0 Å². The second-order valence-corrected chi connectivity index (χ2v) is 7.65. The van der Waals surface area contributed by atoms with Gasteiger partial charge in [0.15, 0.2) is 0 Å². The van der Waals surface area contributed by atoms with Crippen LogP contribution < -0.4 is 5.73 Å². The highest BCUT2D eigenvalue weighted by atomic mass is 35.5. The second-order valence-electron chi connectivity index (χ2n) is 5.88. The molecule has 2 heterocycles. The van der Waals surface area contributed by atoms with Gasteiger partial charge in [0, 0.05) is 30.0 Å². The van der Waals surface area contributed by atoms with Crippen molar-refractivity contribution in [3.63, 3.8) is 0 Å². The molecule has 0 fully saturated rings. The molecule has 26 heavy (non-hydrogen) atoms. The minimum atomic E-state index is -0.0950. The number of nitrogens with zero attached hydrogens (tertiary/aromatic N) is 3. The van der Waals surface area contributed by atoms with Crippen molar-refractivity contribution in [3.05, 3.63) is 68.9 Å². The lowest BCUT2D eigenvalue weighted by atomic mass is 9.85. The first-order chi connectivity index (χ1) is 12.5. The topological polar surface area (TPSA) is 71.0 Å². The number of thiophene rings is 1. The summed E-state index contributed by atoms with van der Waals surface area (Å²) in [5, 5.41) is 0. The van der Waals surface area contributed by atoms with Crippen LogP contribution in [-0.4, -0.2) is 36.6 Å². The van der Waals surface area contributed by atoms with E-state index in [0.29, 0.717) is 23.3 Å². The highest BCUT2D eigenvalue weighted by Gasteiger charge is 2.31. The summed E-state index contributed by atoms with van der Waals surface area (Å²) < 4.78 is 0.713. The third-order valence-corrected chi connectivity index (χ3v) is 5.60. The minimum Gasteiger partial charge on any atom is -0.383 e.